The van der Waals surface area contributed by atoms with E-state index in [-0.39, 0.29) is 5.31 Å². The molecule has 0 amide bonds. The molecule has 0 N–H and O–H groups in total. The first-order chi connectivity index (χ1) is 7.77. The molecule has 0 aromatic rings. The fraction of sp³-hybridized carbons (Fsp3) is 1.00. The van der Waals surface area contributed by atoms with E-state index in [1.54, 1.807) is 0 Å². The molecule has 0 aromatic heterocycles. The van der Waals surface area contributed by atoms with Crippen LogP contribution in [0.2, 0.25) is 5.31 Å². The van der Waals surface area contributed by atoms with Gasteiger partial charge in [-0.25, -0.2) is 0 Å². The average molecular weight is 216 g/mol. The second-order valence-electron chi connectivity index (χ2n) is 6.71. The third-order valence-electron chi connectivity index (χ3n) is 6.12. The Morgan fingerprint density at radius 1 is 0.688 bits per heavy atom. The van der Waals surface area contributed by atoms with Gasteiger partial charge in [-0.1, -0.05) is 56.7 Å². The Labute approximate surface area is 102 Å². The zero-order chi connectivity index (χ0) is 11.1. The molecule has 3 fully saturated rings. The molecule has 0 nitrogen and oxygen atoms in total. The van der Waals surface area contributed by atoms with Gasteiger partial charge in [0, 0.05) is 0 Å². The molecule has 3 aliphatic rings. The van der Waals surface area contributed by atoms with Gasteiger partial charge in [0.25, 0.3) is 0 Å². The highest BCUT2D eigenvalue weighted by atomic mass is 14.6. The molecule has 3 saturated carbocycles. The summed E-state index contributed by atoms with van der Waals surface area (Å²) in [6.45, 7) is 0. The molecule has 3 rings (SSSR count). The van der Waals surface area contributed by atoms with Crippen LogP contribution in [0, 0.1) is 11.3 Å². The third-order valence-corrected chi connectivity index (χ3v) is 6.12. The first kappa shape index (κ1) is 11.2. The van der Waals surface area contributed by atoms with Gasteiger partial charge in [-0.2, -0.15) is 0 Å². The topological polar surface area (TPSA) is 0 Å². The van der Waals surface area contributed by atoms with E-state index in [9.17, 15) is 0 Å². The van der Waals surface area contributed by atoms with E-state index in [1.165, 1.54) is 77.0 Å². The van der Waals surface area contributed by atoms with Crippen LogP contribution in [0.1, 0.15) is 77.0 Å². The second kappa shape index (κ2) is 4.07. The minimum Gasteiger partial charge on any atom is -0.0603 e. The minimum atomic E-state index is 0.235. The number of hydrogen-bond acceptors (Lipinski definition) is 0. The van der Waals surface area contributed by atoms with Gasteiger partial charge in [0.2, 0.25) is 0 Å². The van der Waals surface area contributed by atoms with Crippen molar-refractivity contribution in [2.24, 2.45) is 11.3 Å². The van der Waals surface area contributed by atoms with E-state index in [0.29, 0.717) is 5.41 Å². The van der Waals surface area contributed by atoms with Gasteiger partial charge in [-0.3, -0.25) is 0 Å². The Kier molecular flexibility index (Phi) is 2.84. The van der Waals surface area contributed by atoms with Crippen molar-refractivity contribution < 1.29 is 0 Å². The molecule has 0 aromatic carbocycles. The van der Waals surface area contributed by atoms with Crippen molar-refractivity contribution in [3.8, 4) is 0 Å². The van der Waals surface area contributed by atoms with Crippen LogP contribution in [0.3, 0.4) is 0 Å². The minimum absolute atomic E-state index is 0.235. The van der Waals surface area contributed by atoms with Crippen LogP contribution in [-0.4, -0.2) is 7.85 Å². The molecule has 88 valence electrons. The lowest BCUT2D eigenvalue weighted by atomic mass is 9.46. The molecule has 0 saturated heterocycles. The monoisotopic (exact) mass is 216 g/mol. The normalized spacial score (nSPS) is 33.5. The van der Waals surface area contributed by atoms with Crippen molar-refractivity contribution in [1.29, 1.82) is 0 Å². The lowest BCUT2D eigenvalue weighted by Crippen LogP contribution is -2.38. The summed E-state index contributed by atoms with van der Waals surface area (Å²) in [4.78, 5) is 0. The van der Waals surface area contributed by atoms with Crippen molar-refractivity contribution in [2.45, 2.75) is 82.4 Å². The van der Waals surface area contributed by atoms with Crippen molar-refractivity contribution in [1.82, 2.24) is 0 Å². The summed E-state index contributed by atoms with van der Waals surface area (Å²) < 4.78 is 0. The van der Waals surface area contributed by atoms with Crippen LogP contribution in [0.5, 0.6) is 0 Å². The number of rotatable bonds is 2. The molecule has 1 heteroatoms. The third kappa shape index (κ3) is 1.50. The maximum absolute atomic E-state index is 6.88. The first-order valence-corrected chi connectivity index (χ1v) is 7.56. The first-order valence-electron chi connectivity index (χ1n) is 7.56. The molecule has 0 bridgehead atoms. The van der Waals surface area contributed by atoms with Crippen molar-refractivity contribution >= 4 is 7.85 Å². The van der Waals surface area contributed by atoms with Gasteiger partial charge < -0.3 is 0 Å². The Hall–Kier alpha value is 0.0649. The highest BCUT2D eigenvalue weighted by Crippen LogP contribution is 2.67. The maximum Gasteiger partial charge on any atom is 0.0753 e. The summed E-state index contributed by atoms with van der Waals surface area (Å²) in [6.07, 6.45) is 17.2. The van der Waals surface area contributed by atoms with Crippen molar-refractivity contribution in [3.63, 3.8) is 0 Å². The molecule has 0 atom stereocenters. The van der Waals surface area contributed by atoms with Gasteiger partial charge in [0.05, 0.1) is 7.85 Å². The predicted octanol–water partition coefficient (Wildman–Crippen LogP) is 4.64. The van der Waals surface area contributed by atoms with Gasteiger partial charge in [-0.15, -0.1) is 0 Å². The molecule has 0 spiro atoms. The Balaban J connectivity index is 1.89. The lowest BCUT2D eigenvalue weighted by molar-refractivity contribution is 0.0951. The van der Waals surface area contributed by atoms with Gasteiger partial charge >= 0.3 is 0 Å². The van der Waals surface area contributed by atoms with Crippen LogP contribution < -0.4 is 0 Å². The summed E-state index contributed by atoms with van der Waals surface area (Å²) in [5.41, 5.74) is 0.569. The van der Waals surface area contributed by atoms with E-state index in [4.69, 9.17) is 7.85 Å². The molecule has 0 heterocycles. The summed E-state index contributed by atoms with van der Waals surface area (Å²) in [5.74, 6) is 0.984. The second-order valence-corrected chi connectivity index (χ2v) is 6.71. The van der Waals surface area contributed by atoms with Gasteiger partial charge in [-0.05, 0) is 37.0 Å². The number of hydrogen-bond donors (Lipinski definition) is 0. The maximum atomic E-state index is 6.88. The molecule has 16 heavy (non-hydrogen) atoms. The molecule has 0 unspecified atom stereocenters. The fourth-order valence-corrected chi connectivity index (χ4v) is 5.30. The van der Waals surface area contributed by atoms with Crippen LogP contribution >= 0.6 is 0 Å². The van der Waals surface area contributed by atoms with Gasteiger partial charge in [0.15, 0.2) is 0 Å². The smallest absolute Gasteiger partial charge is 0.0603 e. The van der Waals surface area contributed by atoms with E-state index < -0.39 is 0 Å². The SMILES string of the molecule is [B]C1(C2(C3CCCC3)CCCC2)CCCC1. The van der Waals surface area contributed by atoms with Crippen LogP contribution in [-0.2, 0) is 0 Å². The van der Waals surface area contributed by atoms with Crippen LogP contribution in [0.15, 0.2) is 0 Å². The largest absolute Gasteiger partial charge is 0.0753 e. The summed E-state index contributed by atoms with van der Waals surface area (Å²) >= 11 is 0. The highest BCUT2D eigenvalue weighted by molar-refractivity contribution is 6.16. The van der Waals surface area contributed by atoms with Gasteiger partial charge in [0.1, 0.15) is 0 Å². The van der Waals surface area contributed by atoms with Crippen molar-refractivity contribution in [2.75, 3.05) is 0 Å². The average Bonchev–Trinajstić information content (AvgIpc) is 2.99. The lowest BCUT2D eigenvalue weighted by Gasteiger charge is -2.50. The van der Waals surface area contributed by atoms with E-state index >= 15 is 0 Å². The van der Waals surface area contributed by atoms with E-state index in [2.05, 4.69) is 0 Å². The molecule has 3 aliphatic carbocycles. The Morgan fingerprint density at radius 2 is 1.19 bits per heavy atom. The highest BCUT2D eigenvalue weighted by Gasteiger charge is 2.53. The molecular weight excluding hydrogens is 191 g/mol. The van der Waals surface area contributed by atoms with E-state index in [1.807, 2.05) is 0 Å². The van der Waals surface area contributed by atoms with Crippen LogP contribution in [0.25, 0.3) is 0 Å². The van der Waals surface area contributed by atoms with Crippen LogP contribution in [0.4, 0.5) is 0 Å². The quantitative estimate of drug-likeness (QED) is 0.590. The van der Waals surface area contributed by atoms with E-state index in [0.717, 1.165) is 5.92 Å². The molecular formula is C15H25B. The molecule has 2 radical (unpaired) electrons. The zero-order valence-electron chi connectivity index (χ0n) is 10.6. The Morgan fingerprint density at radius 3 is 1.75 bits per heavy atom. The Bertz CT molecular complexity index is 240. The molecule has 0 aliphatic heterocycles. The summed E-state index contributed by atoms with van der Waals surface area (Å²) in [6, 6.07) is 0. The fourth-order valence-electron chi connectivity index (χ4n) is 5.30. The standard InChI is InChI=1S/C15H25B/c16-15(11-5-6-12-15)14(9-3-4-10-14)13-7-1-2-8-13/h13H,1-12H2. The van der Waals surface area contributed by atoms with Crippen molar-refractivity contribution in [3.05, 3.63) is 0 Å². The predicted molar refractivity (Wildman–Crippen MR) is 69.8 cm³/mol. The summed E-state index contributed by atoms with van der Waals surface area (Å²) in [5, 5.41) is 0.235. The summed E-state index contributed by atoms with van der Waals surface area (Å²) in [7, 11) is 6.88. The zero-order valence-corrected chi connectivity index (χ0v) is 10.6.